The predicted molar refractivity (Wildman–Crippen MR) is 105 cm³/mol. The second-order valence-electron chi connectivity index (χ2n) is 6.19. The van der Waals surface area contributed by atoms with E-state index < -0.39 is 12.3 Å². The molecule has 0 radical (unpaired) electrons. The lowest BCUT2D eigenvalue weighted by Gasteiger charge is -2.10. The van der Waals surface area contributed by atoms with Gasteiger partial charge >= 0.3 is 6.01 Å². The highest BCUT2D eigenvalue weighted by Crippen LogP contribution is 2.22. The van der Waals surface area contributed by atoms with E-state index in [1.165, 1.54) is 37.9 Å². The normalized spacial score (nSPS) is 11.4. The Morgan fingerprint density at radius 1 is 1.07 bits per heavy atom. The van der Waals surface area contributed by atoms with Crippen LogP contribution >= 0.6 is 9.24 Å². The minimum Gasteiger partial charge on any atom is -0.457 e. The molecule has 0 spiro atoms. The van der Waals surface area contributed by atoms with E-state index in [9.17, 15) is 13.6 Å². The minimum atomic E-state index is -3.05. The number of hydrogen-bond acceptors (Lipinski definition) is 5. The van der Waals surface area contributed by atoms with E-state index in [1.807, 2.05) is 24.3 Å². The van der Waals surface area contributed by atoms with Crippen LogP contribution in [0, 0.1) is 0 Å². The van der Waals surface area contributed by atoms with Gasteiger partial charge in [0.1, 0.15) is 0 Å². The average Bonchev–Trinajstić information content (AvgIpc) is 2.68. The van der Waals surface area contributed by atoms with Crippen LogP contribution in [0.5, 0.6) is 6.01 Å². The lowest BCUT2D eigenvalue weighted by molar-refractivity contribution is 0.0422. The van der Waals surface area contributed by atoms with Crippen LogP contribution < -0.4 is 10.3 Å². The number of aromatic nitrogens is 4. The van der Waals surface area contributed by atoms with Gasteiger partial charge in [0.05, 0.1) is 12.2 Å². The van der Waals surface area contributed by atoms with Gasteiger partial charge in [-0.1, -0.05) is 40.4 Å². The summed E-state index contributed by atoms with van der Waals surface area (Å²) in [6.07, 6.45) is 3.77. The zero-order valence-electron chi connectivity index (χ0n) is 15.2. The van der Waals surface area contributed by atoms with E-state index >= 15 is 0 Å². The monoisotopic (exact) mass is 404 g/mol. The summed E-state index contributed by atoms with van der Waals surface area (Å²) in [5, 5.41) is 4.36. The molecule has 0 saturated heterocycles. The molecule has 0 saturated carbocycles. The van der Waals surface area contributed by atoms with E-state index in [0.29, 0.717) is 17.8 Å². The smallest absolute Gasteiger partial charge is 0.316 e. The summed E-state index contributed by atoms with van der Waals surface area (Å²) in [6, 6.07) is 10.8. The van der Waals surface area contributed by atoms with Crippen LogP contribution in [0.1, 0.15) is 18.1 Å². The van der Waals surface area contributed by atoms with Gasteiger partial charge < -0.3 is 4.74 Å². The molecule has 1 aromatic carbocycles. The molecule has 1 atom stereocenters. The van der Waals surface area contributed by atoms with Crippen LogP contribution in [0.25, 0.3) is 11.3 Å². The summed E-state index contributed by atoms with van der Waals surface area (Å²) in [7, 11) is 1.39. The Morgan fingerprint density at radius 2 is 1.71 bits per heavy atom. The van der Waals surface area contributed by atoms with Gasteiger partial charge in [-0.3, -0.25) is 4.79 Å². The molecule has 0 amide bonds. The number of alkyl halides is 2. The molecule has 1 unspecified atom stereocenters. The molecule has 0 N–H and O–H groups in total. The number of nitrogens with zero attached hydrogens (tertiary/aromatic N) is 4. The quantitative estimate of drug-likeness (QED) is 0.566. The van der Waals surface area contributed by atoms with Crippen molar-refractivity contribution in [2.24, 2.45) is 0 Å². The molecule has 0 fully saturated rings. The van der Waals surface area contributed by atoms with Crippen LogP contribution in [-0.2, 0) is 13.0 Å². The SMILES string of the molecule is CCc1ccc(Cn2nc(-c3cnc(OCC(F)(F)P)nc3)ccc2=O)cc1. The summed E-state index contributed by atoms with van der Waals surface area (Å²) < 4.78 is 31.8. The van der Waals surface area contributed by atoms with Gasteiger partial charge in [0, 0.05) is 24.0 Å². The molecule has 9 heteroatoms. The van der Waals surface area contributed by atoms with Crippen molar-refractivity contribution in [1.29, 1.82) is 0 Å². The lowest BCUT2D eigenvalue weighted by atomic mass is 10.1. The second-order valence-corrected chi connectivity index (χ2v) is 7.03. The Labute approximate surface area is 162 Å². The van der Waals surface area contributed by atoms with Gasteiger partial charge in [-0.25, -0.2) is 14.6 Å². The van der Waals surface area contributed by atoms with Gasteiger partial charge in [0.25, 0.3) is 11.2 Å². The molecule has 0 aliphatic carbocycles. The second kappa shape index (κ2) is 8.52. The summed E-state index contributed by atoms with van der Waals surface area (Å²) in [6.45, 7) is 1.58. The van der Waals surface area contributed by atoms with Crippen LogP contribution in [0.4, 0.5) is 8.78 Å². The fourth-order valence-electron chi connectivity index (χ4n) is 2.45. The van der Waals surface area contributed by atoms with Crippen molar-refractivity contribution in [3.05, 3.63) is 70.3 Å². The van der Waals surface area contributed by atoms with Crippen LogP contribution in [0.3, 0.4) is 0 Å². The third kappa shape index (κ3) is 5.39. The molecule has 2 heterocycles. The highest BCUT2D eigenvalue weighted by molar-refractivity contribution is 7.18. The Morgan fingerprint density at radius 3 is 2.32 bits per heavy atom. The number of rotatable bonds is 7. The van der Waals surface area contributed by atoms with E-state index in [-0.39, 0.29) is 11.6 Å². The Balaban J connectivity index is 1.77. The maximum Gasteiger partial charge on any atom is 0.316 e. The first-order valence-electron chi connectivity index (χ1n) is 8.62. The third-order valence-corrected chi connectivity index (χ3v) is 4.11. The maximum absolute atomic E-state index is 12.8. The van der Waals surface area contributed by atoms with E-state index in [2.05, 4.69) is 22.0 Å². The first-order valence-corrected chi connectivity index (χ1v) is 9.20. The molecule has 0 aliphatic rings. The standard InChI is InChI=1S/C19H19F2N4O2P/c1-2-13-3-5-14(6-4-13)11-25-17(26)8-7-16(24-25)15-9-22-18(23-10-15)27-12-19(20,21)28/h3-10H,2,11-12,28H2,1H3. The Hall–Kier alpha value is -2.73. The zero-order chi connectivity index (χ0) is 20.1. The number of benzene rings is 1. The van der Waals surface area contributed by atoms with E-state index in [4.69, 9.17) is 4.74 Å². The van der Waals surface area contributed by atoms with E-state index in [0.717, 1.165) is 12.0 Å². The third-order valence-electron chi connectivity index (χ3n) is 3.95. The predicted octanol–water partition coefficient (Wildman–Crippen LogP) is 3.16. The molecule has 0 aliphatic heterocycles. The summed E-state index contributed by atoms with van der Waals surface area (Å²) in [5.41, 5.74) is -0.0624. The van der Waals surface area contributed by atoms with Crippen molar-refractivity contribution < 1.29 is 13.5 Å². The fourth-order valence-corrected chi connectivity index (χ4v) is 2.54. The van der Waals surface area contributed by atoms with Gasteiger partial charge in [-0.05, 0) is 23.6 Å². The number of ether oxygens (including phenoxy) is 1. The molecule has 0 bridgehead atoms. The molecular weight excluding hydrogens is 385 g/mol. The molecular formula is C19H19F2N4O2P. The van der Waals surface area contributed by atoms with Crippen molar-refractivity contribution in [3.8, 4) is 17.3 Å². The van der Waals surface area contributed by atoms with Gasteiger partial charge in [-0.15, -0.1) is 0 Å². The highest BCUT2D eigenvalue weighted by atomic mass is 31.0. The molecule has 6 nitrogen and oxygen atoms in total. The largest absolute Gasteiger partial charge is 0.457 e. The minimum absolute atomic E-state index is 0.157. The number of halogens is 2. The fraction of sp³-hybridized carbons (Fsp3) is 0.263. The number of hydrogen-bond donors (Lipinski definition) is 0. The van der Waals surface area contributed by atoms with Crippen molar-refractivity contribution >= 4 is 9.24 Å². The summed E-state index contributed by atoms with van der Waals surface area (Å²) in [5.74, 6) is 0. The van der Waals surface area contributed by atoms with Crippen LogP contribution in [-0.4, -0.2) is 32.0 Å². The van der Waals surface area contributed by atoms with Crippen molar-refractivity contribution in [3.63, 3.8) is 0 Å². The van der Waals surface area contributed by atoms with Gasteiger partial charge in [0.15, 0.2) is 6.61 Å². The van der Waals surface area contributed by atoms with Gasteiger partial charge in [0.2, 0.25) is 0 Å². The lowest BCUT2D eigenvalue weighted by Crippen LogP contribution is -2.22. The topological polar surface area (TPSA) is 69.9 Å². The Kier molecular flexibility index (Phi) is 6.09. The zero-order valence-corrected chi connectivity index (χ0v) is 16.3. The van der Waals surface area contributed by atoms with Crippen LogP contribution in [0.2, 0.25) is 0 Å². The molecule has 3 rings (SSSR count). The summed E-state index contributed by atoms with van der Waals surface area (Å²) in [4.78, 5) is 20.0. The van der Waals surface area contributed by atoms with Crippen molar-refractivity contribution in [1.82, 2.24) is 19.7 Å². The van der Waals surface area contributed by atoms with Crippen molar-refractivity contribution in [2.75, 3.05) is 6.61 Å². The van der Waals surface area contributed by atoms with E-state index in [1.54, 1.807) is 6.07 Å². The highest BCUT2D eigenvalue weighted by Gasteiger charge is 2.22. The Bertz CT molecular complexity index is 987. The maximum atomic E-state index is 12.8. The molecule has 28 heavy (non-hydrogen) atoms. The first kappa shape index (κ1) is 20.0. The van der Waals surface area contributed by atoms with Crippen LogP contribution in [0.15, 0.2) is 53.6 Å². The average molecular weight is 404 g/mol. The number of aryl methyl sites for hydroxylation is 1. The molecule has 146 valence electrons. The van der Waals surface area contributed by atoms with Gasteiger partial charge in [-0.2, -0.15) is 13.9 Å². The summed E-state index contributed by atoms with van der Waals surface area (Å²) >= 11 is 0. The molecule has 3 aromatic rings. The molecule has 2 aromatic heterocycles. The first-order chi connectivity index (χ1) is 13.3. The van der Waals surface area contributed by atoms with Crippen molar-refractivity contribution in [2.45, 2.75) is 25.6 Å².